The number of anilines is 1. The number of aryl methyl sites for hydroxylation is 3. The van der Waals surface area contributed by atoms with Crippen molar-refractivity contribution in [2.24, 2.45) is 0 Å². The molecule has 1 N–H and O–H groups in total. The third-order valence-corrected chi connectivity index (χ3v) is 3.48. The number of fused-ring (bicyclic) bond motifs is 1. The lowest BCUT2D eigenvalue weighted by molar-refractivity contribution is -0.116. The van der Waals surface area contributed by atoms with Crippen LogP contribution in [0.15, 0.2) is 35.1 Å². The Labute approximate surface area is 111 Å². The molecule has 3 rings (SSSR count). The fourth-order valence-corrected chi connectivity index (χ4v) is 2.48. The Morgan fingerprint density at radius 2 is 2.16 bits per heavy atom. The van der Waals surface area contributed by atoms with E-state index >= 15 is 0 Å². The molecule has 0 bridgehead atoms. The normalized spacial score (nSPS) is 13.3. The van der Waals surface area contributed by atoms with Crippen LogP contribution >= 0.6 is 0 Å². The van der Waals surface area contributed by atoms with Crippen molar-refractivity contribution < 1.29 is 9.32 Å². The minimum absolute atomic E-state index is 0.0148. The molecule has 1 aromatic carbocycles. The third kappa shape index (κ3) is 2.84. The van der Waals surface area contributed by atoms with E-state index in [1.165, 1.54) is 23.8 Å². The molecule has 1 amide bonds. The van der Waals surface area contributed by atoms with Crippen LogP contribution in [-0.2, 0) is 24.1 Å². The lowest BCUT2D eigenvalue weighted by atomic mass is 10.1. The summed E-state index contributed by atoms with van der Waals surface area (Å²) in [5.74, 6) is 0.0148. The molecular weight excluding hydrogens is 240 g/mol. The molecule has 0 aliphatic heterocycles. The van der Waals surface area contributed by atoms with E-state index in [2.05, 4.69) is 22.6 Å². The van der Waals surface area contributed by atoms with Crippen LogP contribution < -0.4 is 5.32 Å². The first-order chi connectivity index (χ1) is 9.31. The first-order valence-electron chi connectivity index (χ1n) is 6.62. The first kappa shape index (κ1) is 12.0. The number of hydrogen-bond acceptors (Lipinski definition) is 3. The summed E-state index contributed by atoms with van der Waals surface area (Å²) in [4.78, 5) is 11.8. The van der Waals surface area contributed by atoms with Crippen molar-refractivity contribution in [2.75, 3.05) is 5.32 Å². The second-order valence-corrected chi connectivity index (χ2v) is 4.88. The molecule has 0 radical (unpaired) electrons. The summed E-state index contributed by atoms with van der Waals surface area (Å²) in [6.45, 7) is 0. The summed E-state index contributed by atoms with van der Waals surface area (Å²) in [7, 11) is 0. The highest BCUT2D eigenvalue weighted by molar-refractivity contribution is 5.90. The van der Waals surface area contributed by atoms with E-state index in [0.717, 1.165) is 24.2 Å². The zero-order valence-electron chi connectivity index (χ0n) is 10.7. The van der Waals surface area contributed by atoms with Gasteiger partial charge in [-0.25, -0.2) is 0 Å². The second-order valence-electron chi connectivity index (χ2n) is 4.88. The fraction of sp³-hybridized carbons (Fsp3) is 0.333. The van der Waals surface area contributed by atoms with Gasteiger partial charge in [0.25, 0.3) is 0 Å². The maximum absolute atomic E-state index is 11.8. The van der Waals surface area contributed by atoms with Gasteiger partial charge in [0, 0.05) is 24.6 Å². The molecule has 0 fully saturated rings. The number of hydrogen-bond donors (Lipinski definition) is 1. The van der Waals surface area contributed by atoms with Crippen LogP contribution in [0.25, 0.3) is 0 Å². The van der Waals surface area contributed by atoms with Crippen LogP contribution in [0.5, 0.6) is 0 Å². The maximum Gasteiger partial charge on any atom is 0.224 e. The second kappa shape index (κ2) is 5.26. The molecule has 1 aliphatic carbocycles. The molecule has 0 atom stereocenters. The highest BCUT2D eigenvalue weighted by Crippen LogP contribution is 2.24. The van der Waals surface area contributed by atoms with Crippen molar-refractivity contribution in [3.63, 3.8) is 0 Å². The summed E-state index contributed by atoms with van der Waals surface area (Å²) >= 11 is 0. The van der Waals surface area contributed by atoms with Crippen molar-refractivity contribution in [3.8, 4) is 0 Å². The standard InChI is InChI=1S/C15H16N2O2/c18-15(7-6-13-8-9-19-17-13)16-14-5-4-11-2-1-3-12(11)10-14/h4-5,8-10H,1-3,6-7H2,(H,16,18). The van der Waals surface area contributed by atoms with E-state index in [9.17, 15) is 4.79 Å². The number of carbonyl (C=O) groups is 1. The SMILES string of the molecule is O=C(CCc1ccon1)Nc1ccc2c(c1)CCC2. The zero-order chi connectivity index (χ0) is 13.1. The maximum atomic E-state index is 11.8. The van der Waals surface area contributed by atoms with Crippen molar-refractivity contribution in [1.82, 2.24) is 5.16 Å². The Morgan fingerprint density at radius 1 is 1.26 bits per heavy atom. The third-order valence-electron chi connectivity index (χ3n) is 3.48. The number of carbonyl (C=O) groups excluding carboxylic acids is 1. The lowest BCUT2D eigenvalue weighted by Gasteiger charge is -2.07. The summed E-state index contributed by atoms with van der Waals surface area (Å²) in [6, 6.07) is 7.98. The monoisotopic (exact) mass is 256 g/mol. The first-order valence-corrected chi connectivity index (χ1v) is 6.62. The van der Waals surface area contributed by atoms with Gasteiger partial charge in [-0.2, -0.15) is 0 Å². The Kier molecular flexibility index (Phi) is 3.31. The molecule has 2 aromatic rings. The molecule has 4 heteroatoms. The van der Waals surface area contributed by atoms with E-state index < -0.39 is 0 Å². The van der Waals surface area contributed by atoms with Gasteiger partial charge in [-0.15, -0.1) is 0 Å². The molecule has 1 aromatic heterocycles. The molecule has 1 heterocycles. The molecule has 0 saturated heterocycles. The smallest absolute Gasteiger partial charge is 0.224 e. The predicted octanol–water partition coefficient (Wildman–Crippen LogP) is 2.73. The van der Waals surface area contributed by atoms with Crippen LogP contribution in [0.1, 0.15) is 29.7 Å². The van der Waals surface area contributed by atoms with Gasteiger partial charge in [-0.1, -0.05) is 11.2 Å². The van der Waals surface area contributed by atoms with E-state index in [1.807, 2.05) is 6.07 Å². The Bertz CT molecular complexity index is 576. The number of benzene rings is 1. The van der Waals surface area contributed by atoms with Crippen molar-refractivity contribution in [2.45, 2.75) is 32.1 Å². The summed E-state index contributed by atoms with van der Waals surface area (Å²) in [5.41, 5.74) is 4.49. The van der Waals surface area contributed by atoms with Gasteiger partial charge in [0.1, 0.15) is 6.26 Å². The number of amides is 1. The minimum atomic E-state index is 0.0148. The van der Waals surface area contributed by atoms with E-state index in [1.54, 1.807) is 6.07 Å². The Balaban J connectivity index is 1.57. The average molecular weight is 256 g/mol. The van der Waals surface area contributed by atoms with Gasteiger partial charge in [0.05, 0.1) is 5.69 Å². The van der Waals surface area contributed by atoms with Gasteiger partial charge >= 0.3 is 0 Å². The molecule has 1 aliphatic rings. The van der Waals surface area contributed by atoms with E-state index in [0.29, 0.717) is 12.8 Å². The number of aromatic nitrogens is 1. The molecular formula is C15H16N2O2. The van der Waals surface area contributed by atoms with Crippen LogP contribution in [0, 0.1) is 0 Å². The van der Waals surface area contributed by atoms with Gasteiger partial charge in [-0.3, -0.25) is 4.79 Å². The van der Waals surface area contributed by atoms with Crippen molar-refractivity contribution >= 4 is 11.6 Å². The quantitative estimate of drug-likeness (QED) is 0.915. The van der Waals surface area contributed by atoms with E-state index in [-0.39, 0.29) is 5.91 Å². The highest BCUT2D eigenvalue weighted by atomic mass is 16.5. The summed E-state index contributed by atoms with van der Waals surface area (Å²) in [5, 5.41) is 6.72. The minimum Gasteiger partial charge on any atom is -0.365 e. The van der Waals surface area contributed by atoms with Crippen molar-refractivity contribution in [1.29, 1.82) is 0 Å². The van der Waals surface area contributed by atoms with Crippen LogP contribution in [0.4, 0.5) is 5.69 Å². The Morgan fingerprint density at radius 3 is 3.00 bits per heavy atom. The molecule has 19 heavy (non-hydrogen) atoms. The number of nitrogens with one attached hydrogen (secondary N) is 1. The number of rotatable bonds is 4. The largest absolute Gasteiger partial charge is 0.365 e. The summed E-state index contributed by atoms with van der Waals surface area (Å²) in [6.07, 6.45) is 6.05. The van der Waals surface area contributed by atoms with Crippen LogP contribution in [0.2, 0.25) is 0 Å². The number of nitrogens with zero attached hydrogens (tertiary/aromatic N) is 1. The molecule has 0 unspecified atom stereocenters. The van der Waals surface area contributed by atoms with Gasteiger partial charge in [-0.05, 0) is 42.5 Å². The predicted molar refractivity (Wildman–Crippen MR) is 71.9 cm³/mol. The van der Waals surface area contributed by atoms with Gasteiger partial charge in [0.2, 0.25) is 5.91 Å². The topological polar surface area (TPSA) is 55.1 Å². The van der Waals surface area contributed by atoms with Crippen LogP contribution in [0.3, 0.4) is 0 Å². The van der Waals surface area contributed by atoms with Crippen LogP contribution in [-0.4, -0.2) is 11.1 Å². The fourth-order valence-electron chi connectivity index (χ4n) is 2.48. The molecule has 98 valence electrons. The Hall–Kier alpha value is -2.10. The average Bonchev–Trinajstić information content (AvgIpc) is 3.07. The molecule has 4 nitrogen and oxygen atoms in total. The summed E-state index contributed by atoms with van der Waals surface area (Å²) < 4.78 is 4.73. The van der Waals surface area contributed by atoms with Gasteiger partial charge in [0.15, 0.2) is 0 Å². The lowest BCUT2D eigenvalue weighted by Crippen LogP contribution is -2.12. The highest BCUT2D eigenvalue weighted by Gasteiger charge is 2.12. The molecule has 0 saturated carbocycles. The zero-order valence-corrected chi connectivity index (χ0v) is 10.7. The molecule has 0 spiro atoms. The van der Waals surface area contributed by atoms with Crippen molar-refractivity contribution in [3.05, 3.63) is 47.3 Å². The van der Waals surface area contributed by atoms with Gasteiger partial charge < -0.3 is 9.84 Å². The van der Waals surface area contributed by atoms with E-state index in [4.69, 9.17) is 4.52 Å².